The van der Waals surface area contributed by atoms with Crippen LogP contribution in [0.15, 0.2) is 72.8 Å². The summed E-state index contributed by atoms with van der Waals surface area (Å²) in [5.74, 6) is 0.454. The third-order valence-corrected chi connectivity index (χ3v) is 8.06. The van der Waals surface area contributed by atoms with Gasteiger partial charge in [-0.15, -0.1) is 0 Å². The molecule has 1 spiro atoms. The Morgan fingerprint density at radius 2 is 1.67 bits per heavy atom. The van der Waals surface area contributed by atoms with Gasteiger partial charge in [0.15, 0.2) is 0 Å². The van der Waals surface area contributed by atoms with E-state index in [0.29, 0.717) is 18.8 Å². The smallest absolute Gasteiger partial charge is 0.329 e. The molecule has 2 aliphatic rings. The number of para-hydroxylation sites is 1. The summed E-state index contributed by atoms with van der Waals surface area (Å²) in [7, 11) is 1.70. The number of fused-ring (bicyclic) bond motifs is 2. The molecular formula is C29H31NO3. The van der Waals surface area contributed by atoms with Crippen LogP contribution in [0.25, 0.3) is 0 Å². The van der Waals surface area contributed by atoms with E-state index >= 15 is 0 Å². The highest BCUT2D eigenvalue weighted by Gasteiger charge is 2.54. The molecule has 2 N–H and O–H groups in total. The van der Waals surface area contributed by atoms with Gasteiger partial charge in [-0.25, -0.2) is 4.79 Å². The Hall–Kier alpha value is -3.27. The molecule has 0 saturated heterocycles. The van der Waals surface area contributed by atoms with Gasteiger partial charge in [-0.05, 0) is 91.5 Å². The number of carboxylic acids is 1. The van der Waals surface area contributed by atoms with E-state index in [2.05, 4.69) is 54.7 Å². The van der Waals surface area contributed by atoms with Crippen LogP contribution in [0.5, 0.6) is 5.75 Å². The molecule has 170 valence electrons. The fourth-order valence-corrected chi connectivity index (χ4v) is 6.29. The average Bonchev–Trinajstić information content (AvgIpc) is 3.15. The average molecular weight is 442 g/mol. The van der Waals surface area contributed by atoms with Crippen LogP contribution in [-0.4, -0.2) is 23.7 Å². The molecule has 1 fully saturated rings. The van der Waals surface area contributed by atoms with Gasteiger partial charge in [0.2, 0.25) is 0 Å². The molecule has 0 amide bonds. The lowest BCUT2D eigenvalue weighted by atomic mass is 9.59. The molecule has 5 rings (SSSR count). The van der Waals surface area contributed by atoms with Crippen molar-refractivity contribution in [2.45, 2.75) is 55.9 Å². The maximum Gasteiger partial charge on any atom is 0.329 e. The molecule has 33 heavy (non-hydrogen) atoms. The van der Waals surface area contributed by atoms with Crippen molar-refractivity contribution in [3.63, 3.8) is 0 Å². The van der Waals surface area contributed by atoms with Crippen LogP contribution in [0.1, 0.15) is 53.9 Å². The summed E-state index contributed by atoms with van der Waals surface area (Å²) in [4.78, 5) is 12.5. The van der Waals surface area contributed by atoms with Crippen molar-refractivity contribution in [3.05, 3.63) is 95.1 Å². The number of hydrogen-bond acceptors (Lipinski definition) is 3. The van der Waals surface area contributed by atoms with Crippen LogP contribution in [0.4, 0.5) is 5.69 Å². The first-order valence-electron chi connectivity index (χ1n) is 11.8. The standard InChI is InChI=1S/C29H31NO3/c1-20-18-23(33-2)12-13-24(20)26-19-21-8-6-7-11-25(21)28(26)14-16-29(17-15-28,27(31)32)30-22-9-4-3-5-10-22/h3-13,18,26,30H,14-17,19H2,1-2H3,(H,31,32)/t26-,28?,29?/m0/s1. The number of carboxylic acid groups (broad SMARTS) is 1. The quantitative estimate of drug-likeness (QED) is 0.503. The molecule has 0 heterocycles. The third-order valence-electron chi connectivity index (χ3n) is 8.06. The summed E-state index contributed by atoms with van der Waals surface area (Å²) in [5.41, 5.74) is 5.28. The van der Waals surface area contributed by atoms with Crippen molar-refractivity contribution in [2.24, 2.45) is 0 Å². The number of anilines is 1. The van der Waals surface area contributed by atoms with E-state index < -0.39 is 11.5 Å². The summed E-state index contributed by atoms with van der Waals surface area (Å²) in [5, 5.41) is 13.7. The molecule has 2 aliphatic carbocycles. The number of rotatable bonds is 5. The van der Waals surface area contributed by atoms with Crippen LogP contribution in [-0.2, 0) is 16.6 Å². The van der Waals surface area contributed by atoms with Gasteiger partial charge in [0.1, 0.15) is 11.3 Å². The highest BCUT2D eigenvalue weighted by Crippen LogP contribution is 2.58. The summed E-state index contributed by atoms with van der Waals surface area (Å²) >= 11 is 0. The van der Waals surface area contributed by atoms with Gasteiger partial charge in [-0.3, -0.25) is 0 Å². The highest BCUT2D eigenvalue weighted by molar-refractivity contribution is 5.83. The molecule has 3 aromatic carbocycles. The van der Waals surface area contributed by atoms with E-state index in [4.69, 9.17) is 4.74 Å². The summed E-state index contributed by atoms with van der Waals surface area (Å²) in [6.45, 7) is 2.16. The molecule has 0 aromatic heterocycles. The van der Waals surface area contributed by atoms with Gasteiger partial charge in [0.05, 0.1) is 7.11 Å². The predicted molar refractivity (Wildman–Crippen MR) is 131 cm³/mol. The Kier molecular flexibility index (Phi) is 5.40. The first kappa shape index (κ1) is 21.6. The fourth-order valence-electron chi connectivity index (χ4n) is 6.29. The Balaban J connectivity index is 1.52. The highest BCUT2D eigenvalue weighted by atomic mass is 16.5. The molecule has 3 aromatic rings. The lowest BCUT2D eigenvalue weighted by molar-refractivity contribution is -0.144. The van der Waals surface area contributed by atoms with E-state index in [-0.39, 0.29) is 5.41 Å². The molecule has 1 atom stereocenters. The number of ether oxygens (including phenoxy) is 1. The second-order valence-electron chi connectivity index (χ2n) is 9.67. The van der Waals surface area contributed by atoms with Gasteiger partial charge < -0.3 is 15.2 Å². The number of aliphatic carboxylic acids is 1. The molecule has 4 heteroatoms. The molecule has 4 nitrogen and oxygen atoms in total. The lowest BCUT2D eigenvalue weighted by Gasteiger charge is -2.47. The van der Waals surface area contributed by atoms with Gasteiger partial charge in [-0.1, -0.05) is 48.5 Å². The van der Waals surface area contributed by atoms with Crippen molar-refractivity contribution in [2.75, 3.05) is 12.4 Å². The Bertz CT molecular complexity index is 1160. The number of methoxy groups -OCH3 is 1. The number of nitrogens with one attached hydrogen (secondary N) is 1. The molecular weight excluding hydrogens is 410 g/mol. The largest absolute Gasteiger partial charge is 0.497 e. The first-order valence-corrected chi connectivity index (χ1v) is 11.8. The first-order chi connectivity index (χ1) is 16.0. The van der Waals surface area contributed by atoms with Crippen LogP contribution in [0.2, 0.25) is 0 Å². The second kappa shape index (κ2) is 8.26. The SMILES string of the molecule is COc1ccc([C@@H]2Cc3ccccc3C23CCC(Nc2ccccc2)(C(=O)O)CC3)c(C)c1. The zero-order chi connectivity index (χ0) is 23.1. The molecule has 1 saturated carbocycles. The normalized spacial score (nSPS) is 26.1. The molecule has 0 unspecified atom stereocenters. The number of benzene rings is 3. The second-order valence-corrected chi connectivity index (χ2v) is 9.67. The van der Waals surface area contributed by atoms with E-state index in [0.717, 1.165) is 30.7 Å². The topological polar surface area (TPSA) is 58.6 Å². The number of hydrogen-bond donors (Lipinski definition) is 2. The Morgan fingerprint density at radius 3 is 2.33 bits per heavy atom. The van der Waals surface area contributed by atoms with Crippen LogP contribution in [0.3, 0.4) is 0 Å². The van der Waals surface area contributed by atoms with E-state index in [9.17, 15) is 9.90 Å². The lowest BCUT2D eigenvalue weighted by Crippen LogP contribution is -2.52. The molecule has 0 bridgehead atoms. The van der Waals surface area contributed by atoms with E-state index in [1.807, 2.05) is 30.3 Å². The Morgan fingerprint density at radius 1 is 0.970 bits per heavy atom. The zero-order valence-electron chi connectivity index (χ0n) is 19.3. The molecule has 0 aliphatic heterocycles. The van der Waals surface area contributed by atoms with Gasteiger partial charge in [0, 0.05) is 11.1 Å². The van der Waals surface area contributed by atoms with Gasteiger partial charge in [0.25, 0.3) is 0 Å². The summed E-state index contributed by atoms with van der Waals surface area (Å²) < 4.78 is 5.45. The number of carbonyl (C=O) groups is 1. The fraction of sp³-hybridized carbons (Fsp3) is 0.345. The summed E-state index contributed by atoms with van der Waals surface area (Å²) in [6.07, 6.45) is 3.86. The van der Waals surface area contributed by atoms with E-state index in [1.54, 1.807) is 7.11 Å². The third kappa shape index (κ3) is 3.58. The van der Waals surface area contributed by atoms with Crippen LogP contribution >= 0.6 is 0 Å². The van der Waals surface area contributed by atoms with Crippen molar-refractivity contribution in [3.8, 4) is 5.75 Å². The van der Waals surface area contributed by atoms with Gasteiger partial charge in [-0.2, -0.15) is 0 Å². The minimum absolute atomic E-state index is 0.0484. The monoisotopic (exact) mass is 441 g/mol. The molecule has 0 radical (unpaired) electrons. The minimum atomic E-state index is -0.941. The summed E-state index contributed by atoms with van der Waals surface area (Å²) in [6, 6.07) is 24.9. The van der Waals surface area contributed by atoms with Crippen molar-refractivity contribution < 1.29 is 14.6 Å². The maximum atomic E-state index is 12.5. The van der Waals surface area contributed by atoms with Crippen LogP contribution < -0.4 is 10.1 Å². The van der Waals surface area contributed by atoms with Crippen molar-refractivity contribution >= 4 is 11.7 Å². The van der Waals surface area contributed by atoms with Crippen LogP contribution in [0, 0.1) is 6.92 Å². The maximum absolute atomic E-state index is 12.5. The van der Waals surface area contributed by atoms with Gasteiger partial charge >= 0.3 is 5.97 Å². The Labute approximate surface area is 195 Å². The zero-order valence-corrected chi connectivity index (χ0v) is 19.3. The number of aryl methyl sites for hydroxylation is 1. The minimum Gasteiger partial charge on any atom is -0.497 e. The van der Waals surface area contributed by atoms with Crippen molar-refractivity contribution in [1.29, 1.82) is 0 Å². The predicted octanol–water partition coefficient (Wildman–Crippen LogP) is 6.09. The van der Waals surface area contributed by atoms with E-state index in [1.165, 1.54) is 22.3 Å². The van der Waals surface area contributed by atoms with Crippen molar-refractivity contribution in [1.82, 2.24) is 0 Å².